The fourth-order valence-electron chi connectivity index (χ4n) is 2.12. The maximum absolute atomic E-state index is 5.63. The summed E-state index contributed by atoms with van der Waals surface area (Å²) in [5, 5.41) is 3.34. The molecule has 19 heavy (non-hydrogen) atoms. The highest BCUT2D eigenvalue weighted by Crippen LogP contribution is 2.18. The van der Waals surface area contributed by atoms with E-state index in [9.17, 15) is 0 Å². The average Bonchev–Trinajstić information content (AvgIpc) is 2.40. The van der Waals surface area contributed by atoms with Crippen molar-refractivity contribution in [1.29, 1.82) is 0 Å². The molecule has 2 atom stereocenters. The standard InChI is InChI=1S/C14H24N4O/c1-10(2)15-5-13-6-17-14(7-16-13)18-8-12(4)19-9-11(18)3/h6-7,10-12,15H,5,8-9H2,1-4H3. The summed E-state index contributed by atoms with van der Waals surface area (Å²) in [6.45, 7) is 10.9. The molecule has 0 amide bonds. The van der Waals surface area contributed by atoms with Gasteiger partial charge in [0.1, 0.15) is 5.82 Å². The average molecular weight is 264 g/mol. The molecule has 0 aromatic carbocycles. The molecule has 1 aliphatic rings. The van der Waals surface area contributed by atoms with Gasteiger partial charge >= 0.3 is 0 Å². The Labute approximate surface area is 115 Å². The van der Waals surface area contributed by atoms with E-state index in [4.69, 9.17) is 4.74 Å². The van der Waals surface area contributed by atoms with Gasteiger partial charge in [-0.25, -0.2) is 4.98 Å². The number of hydrogen-bond acceptors (Lipinski definition) is 5. The van der Waals surface area contributed by atoms with Crippen molar-refractivity contribution in [2.75, 3.05) is 18.1 Å². The number of hydrogen-bond donors (Lipinski definition) is 1. The molecule has 0 bridgehead atoms. The Balaban J connectivity index is 2.00. The van der Waals surface area contributed by atoms with Gasteiger partial charge in [-0.15, -0.1) is 0 Å². The second-order valence-electron chi connectivity index (χ2n) is 5.55. The minimum Gasteiger partial charge on any atom is -0.375 e. The lowest BCUT2D eigenvalue weighted by Gasteiger charge is -2.37. The van der Waals surface area contributed by atoms with Gasteiger partial charge in [0.15, 0.2) is 0 Å². The third-order valence-corrected chi connectivity index (χ3v) is 3.29. The summed E-state index contributed by atoms with van der Waals surface area (Å²) in [4.78, 5) is 11.3. The maximum Gasteiger partial charge on any atom is 0.147 e. The zero-order valence-corrected chi connectivity index (χ0v) is 12.3. The van der Waals surface area contributed by atoms with Gasteiger partial charge in [0, 0.05) is 19.1 Å². The number of morpholine rings is 1. The van der Waals surface area contributed by atoms with Crippen molar-refractivity contribution in [3.05, 3.63) is 18.1 Å². The van der Waals surface area contributed by atoms with Crippen molar-refractivity contribution in [1.82, 2.24) is 15.3 Å². The molecule has 0 radical (unpaired) electrons. The Morgan fingerprint density at radius 1 is 1.37 bits per heavy atom. The van der Waals surface area contributed by atoms with Crippen LogP contribution in [0.4, 0.5) is 5.82 Å². The van der Waals surface area contributed by atoms with Crippen LogP contribution in [0.5, 0.6) is 0 Å². The molecular weight excluding hydrogens is 240 g/mol. The van der Waals surface area contributed by atoms with E-state index >= 15 is 0 Å². The van der Waals surface area contributed by atoms with Crippen molar-refractivity contribution in [2.45, 2.75) is 52.4 Å². The first-order valence-corrected chi connectivity index (χ1v) is 6.99. The molecule has 2 unspecified atom stereocenters. The van der Waals surface area contributed by atoms with E-state index in [1.165, 1.54) is 0 Å². The van der Waals surface area contributed by atoms with Gasteiger partial charge in [0.2, 0.25) is 0 Å². The molecule has 1 saturated heterocycles. The third-order valence-electron chi connectivity index (χ3n) is 3.29. The zero-order chi connectivity index (χ0) is 13.8. The summed E-state index contributed by atoms with van der Waals surface area (Å²) in [6, 6.07) is 0.812. The summed E-state index contributed by atoms with van der Waals surface area (Å²) in [5.41, 5.74) is 0.978. The van der Waals surface area contributed by atoms with Crippen LogP contribution >= 0.6 is 0 Å². The van der Waals surface area contributed by atoms with Gasteiger partial charge in [-0.05, 0) is 13.8 Å². The second-order valence-corrected chi connectivity index (χ2v) is 5.55. The van der Waals surface area contributed by atoms with E-state index < -0.39 is 0 Å². The number of rotatable bonds is 4. The van der Waals surface area contributed by atoms with E-state index in [1.54, 1.807) is 0 Å². The van der Waals surface area contributed by atoms with Crippen LogP contribution < -0.4 is 10.2 Å². The summed E-state index contributed by atoms with van der Waals surface area (Å²) in [7, 11) is 0. The quantitative estimate of drug-likeness (QED) is 0.895. The topological polar surface area (TPSA) is 50.3 Å². The highest BCUT2D eigenvalue weighted by Gasteiger charge is 2.24. The van der Waals surface area contributed by atoms with Gasteiger partial charge in [-0.2, -0.15) is 0 Å². The summed E-state index contributed by atoms with van der Waals surface area (Å²) in [6.07, 6.45) is 3.98. The van der Waals surface area contributed by atoms with Crippen LogP contribution in [0.3, 0.4) is 0 Å². The Kier molecular flexibility index (Phi) is 4.71. The lowest BCUT2D eigenvalue weighted by Crippen LogP contribution is -2.47. The van der Waals surface area contributed by atoms with Crippen LogP contribution in [-0.4, -0.2) is 41.3 Å². The van der Waals surface area contributed by atoms with Gasteiger partial charge in [0.25, 0.3) is 0 Å². The van der Waals surface area contributed by atoms with Crippen molar-refractivity contribution in [3.63, 3.8) is 0 Å². The van der Waals surface area contributed by atoms with E-state index in [-0.39, 0.29) is 6.10 Å². The molecule has 1 aliphatic heterocycles. The Bertz CT molecular complexity index is 393. The molecule has 5 nitrogen and oxygen atoms in total. The first-order chi connectivity index (χ1) is 9.06. The number of aromatic nitrogens is 2. The number of ether oxygens (including phenoxy) is 1. The molecule has 2 heterocycles. The minimum atomic E-state index is 0.250. The van der Waals surface area contributed by atoms with Gasteiger partial charge in [-0.3, -0.25) is 4.98 Å². The van der Waals surface area contributed by atoms with Crippen LogP contribution in [0.1, 0.15) is 33.4 Å². The first-order valence-electron chi connectivity index (χ1n) is 6.99. The van der Waals surface area contributed by atoms with Crippen molar-refractivity contribution in [2.24, 2.45) is 0 Å². The molecule has 0 spiro atoms. The number of nitrogens with zero attached hydrogens (tertiary/aromatic N) is 3. The van der Waals surface area contributed by atoms with E-state index in [1.807, 2.05) is 12.4 Å². The second kappa shape index (κ2) is 6.30. The van der Waals surface area contributed by atoms with E-state index in [2.05, 4.69) is 47.9 Å². The molecule has 0 saturated carbocycles. The smallest absolute Gasteiger partial charge is 0.147 e. The van der Waals surface area contributed by atoms with E-state index in [0.717, 1.165) is 31.2 Å². The summed E-state index contributed by atoms with van der Waals surface area (Å²) in [5.74, 6) is 0.941. The predicted octanol–water partition coefficient (Wildman–Crippen LogP) is 1.59. The number of nitrogens with one attached hydrogen (secondary N) is 1. The minimum absolute atomic E-state index is 0.250. The van der Waals surface area contributed by atoms with Gasteiger partial charge in [-0.1, -0.05) is 13.8 Å². The highest BCUT2D eigenvalue weighted by atomic mass is 16.5. The van der Waals surface area contributed by atoms with Crippen LogP contribution in [0.15, 0.2) is 12.4 Å². The van der Waals surface area contributed by atoms with Crippen LogP contribution in [0.2, 0.25) is 0 Å². The summed E-state index contributed by atoms with van der Waals surface area (Å²) < 4.78 is 5.63. The normalized spacial score (nSPS) is 23.9. The lowest BCUT2D eigenvalue weighted by molar-refractivity contribution is 0.0340. The molecular formula is C14H24N4O. The zero-order valence-electron chi connectivity index (χ0n) is 12.3. The van der Waals surface area contributed by atoms with Crippen molar-refractivity contribution >= 4 is 5.82 Å². The van der Waals surface area contributed by atoms with E-state index in [0.29, 0.717) is 12.1 Å². The Hall–Kier alpha value is -1.20. The first kappa shape index (κ1) is 14.2. The van der Waals surface area contributed by atoms with Gasteiger partial charge < -0.3 is 15.0 Å². The lowest BCUT2D eigenvalue weighted by atomic mass is 10.2. The fraction of sp³-hybridized carbons (Fsp3) is 0.714. The molecule has 1 aromatic rings. The monoisotopic (exact) mass is 264 g/mol. The molecule has 1 aromatic heterocycles. The SMILES string of the molecule is CC(C)NCc1cnc(N2CC(C)OCC2C)cn1. The fourth-order valence-corrected chi connectivity index (χ4v) is 2.12. The number of anilines is 1. The van der Waals surface area contributed by atoms with Crippen molar-refractivity contribution in [3.8, 4) is 0 Å². The largest absolute Gasteiger partial charge is 0.375 e. The predicted molar refractivity (Wildman–Crippen MR) is 76.2 cm³/mol. The third kappa shape index (κ3) is 3.88. The molecule has 5 heteroatoms. The molecule has 0 aliphatic carbocycles. The highest BCUT2D eigenvalue weighted by molar-refractivity contribution is 5.38. The molecule has 2 rings (SSSR count). The maximum atomic E-state index is 5.63. The molecule has 106 valence electrons. The summed E-state index contributed by atoms with van der Waals surface area (Å²) >= 11 is 0. The van der Waals surface area contributed by atoms with Crippen molar-refractivity contribution < 1.29 is 4.74 Å². The Morgan fingerprint density at radius 2 is 2.16 bits per heavy atom. The van der Waals surface area contributed by atoms with Crippen LogP contribution in [-0.2, 0) is 11.3 Å². The molecule has 1 N–H and O–H groups in total. The van der Waals surface area contributed by atoms with Crippen LogP contribution in [0, 0.1) is 0 Å². The molecule has 1 fully saturated rings. The van der Waals surface area contributed by atoms with Gasteiger partial charge in [0.05, 0.1) is 36.8 Å². The van der Waals surface area contributed by atoms with Crippen LogP contribution in [0.25, 0.3) is 0 Å². The Morgan fingerprint density at radius 3 is 2.79 bits per heavy atom.